The summed E-state index contributed by atoms with van der Waals surface area (Å²) in [5.74, 6) is 2.93. The predicted molar refractivity (Wildman–Crippen MR) is 122 cm³/mol. The number of aromatic nitrogens is 3. The maximum absolute atomic E-state index is 12.8. The van der Waals surface area contributed by atoms with Crippen LogP contribution in [0.3, 0.4) is 0 Å². The lowest BCUT2D eigenvalue weighted by atomic mass is 10.1. The number of carbonyl (C=O) groups is 1. The SMILES string of the molecule is Cc1nc(N2CC3CC3C2)ccc1Cc1csc(C(=O)N[C@@H]2CCc3c(C)n[nH]c32)c1. The first-order valence-corrected chi connectivity index (χ1v) is 12.1. The maximum atomic E-state index is 12.8. The number of amides is 1. The fourth-order valence-corrected chi connectivity index (χ4v) is 6.03. The smallest absolute Gasteiger partial charge is 0.261 e. The number of aromatic amines is 1. The Kier molecular flexibility index (Phi) is 4.42. The highest BCUT2D eigenvalue weighted by molar-refractivity contribution is 7.12. The number of anilines is 1. The molecule has 1 saturated carbocycles. The van der Waals surface area contributed by atoms with E-state index < -0.39 is 0 Å². The van der Waals surface area contributed by atoms with Crippen molar-refractivity contribution in [1.82, 2.24) is 20.5 Å². The Morgan fingerprint density at radius 2 is 2.10 bits per heavy atom. The molecule has 1 aliphatic heterocycles. The molecule has 0 spiro atoms. The number of pyridine rings is 1. The van der Waals surface area contributed by atoms with Gasteiger partial charge in [-0.2, -0.15) is 5.10 Å². The van der Waals surface area contributed by atoms with Gasteiger partial charge in [0.25, 0.3) is 5.91 Å². The Morgan fingerprint density at radius 1 is 1.26 bits per heavy atom. The van der Waals surface area contributed by atoms with Gasteiger partial charge in [-0.05, 0) is 79.1 Å². The zero-order chi connectivity index (χ0) is 21.1. The topological polar surface area (TPSA) is 73.9 Å². The molecule has 3 atom stereocenters. The Balaban J connectivity index is 1.12. The lowest BCUT2D eigenvalue weighted by Crippen LogP contribution is -2.26. The summed E-state index contributed by atoms with van der Waals surface area (Å²) < 4.78 is 0. The highest BCUT2D eigenvalue weighted by Gasteiger charge is 2.45. The van der Waals surface area contributed by atoms with Crippen molar-refractivity contribution in [3.8, 4) is 0 Å². The standard InChI is InChI=1S/C24H27N5OS/c1-13-16(3-6-22(25-13)29-10-17-9-18(17)11-29)7-15-8-21(31-12-15)24(30)26-20-5-4-19-14(2)27-28-23(19)20/h3,6,8,12,17-18,20H,4-5,7,9-11H2,1-2H3,(H,26,30)(H,27,28)/t17?,18?,20-/m1/s1. The van der Waals surface area contributed by atoms with Crippen LogP contribution in [-0.4, -0.2) is 34.2 Å². The van der Waals surface area contributed by atoms with E-state index in [1.54, 1.807) is 0 Å². The highest BCUT2D eigenvalue weighted by Crippen LogP contribution is 2.46. The van der Waals surface area contributed by atoms with Gasteiger partial charge in [-0.1, -0.05) is 6.07 Å². The second kappa shape index (κ2) is 7.19. The Labute approximate surface area is 186 Å². The van der Waals surface area contributed by atoms with Crippen molar-refractivity contribution >= 4 is 23.1 Å². The third-order valence-electron chi connectivity index (χ3n) is 7.20. The third-order valence-corrected chi connectivity index (χ3v) is 8.18. The van der Waals surface area contributed by atoms with E-state index in [-0.39, 0.29) is 11.9 Å². The molecule has 0 bridgehead atoms. The summed E-state index contributed by atoms with van der Waals surface area (Å²) in [4.78, 5) is 20.9. The molecule has 0 radical (unpaired) electrons. The molecule has 1 amide bonds. The number of H-pyrrole nitrogens is 1. The average Bonchev–Trinajstić information content (AvgIpc) is 3.22. The van der Waals surface area contributed by atoms with Gasteiger partial charge in [0.15, 0.2) is 0 Å². The first-order chi connectivity index (χ1) is 15.0. The molecule has 6 nitrogen and oxygen atoms in total. The van der Waals surface area contributed by atoms with Gasteiger partial charge < -0.3 is 10.2 Å². The normalized spacial score (nSPS) is 23.7. The number of thiophene rings is 1. The van der Waals surface area contributed by atoms with Gasteiger partial charge in [-0.3, -0.25) is 9.89 Å². The Hall–Kier alpha value is -2.67. The van der Waals surface area contributed by atoms with Gasteiger partial charge in [0, 0.05) is 25.2 Å². The molecule has 7 heteroatoms. The minimum atomic E-state index is -0.000790. The van der Waals surface area contributed by atoms with E-state index in [0.717, 1.165) is 58.9 Å². The lowest BCUT2D eigenvalue weighted by Gasteiger charge is -2.20. The molecule has 2 N–H and O–H groups in total. The van der Waals surface area contributed by atoms with Crippen molar-refractivity contribution in [2.24, 2.45) is 11.8 Å². The quantitative estimate of drug-likeness (QED) is 0.639. The van der Waals surface area contributed by atoms with Crippen LogP contribution < -0.4 is 10.2 Å². The molecule has 2 fully saturated rings. The lowest BCUT2D eigenvalue weighted by molar-refractivity contribution is 0.0940. The minimum Gasteiger partial charge on any atom is -0.356 e. The molecule has 3 aromatic rings. The van der Waals surface area contributed by atoms with E-state index >= 15 is 0 Å². The number of rotatable bonds is 5. The Morgan fingerprint density at radius 3 is 2.90 bits per heavy atom. The van der Waals surface area contributed by atoms with Gasteiger partial charge in [0.05, 0.1) is 22.3 Å². The third kappa shape index (κ3) is 3.45. The fraction of sp³-hybridized carbons (Fsp3) is 0.458. The molecule has 3 aromatic heterocycles. The first kappa shape index (κ1) is 19.0. The van der Waals surface area contributed by atoms with E-state index in [1.807, 2.05) is 13.0 Å². The van der Waals surface area contributed by atoms with Crippen LogP contribution >= 0.6 is 11.3 Å². The number of piperidine rings is 1. The van der Waals surface area contributed by atoms with Crippen LogP contribution in [0, 0.1) is 25.7 Å². The van der Waals surface area contributed by atoms with Crippen molar-refractivity contribution in [2.75, 3.05) is 18.0 Å². The van der Waals surface area contributed by atoms with Crippen LogP contribution in [0.4, 0.5) is 5.82 Å². The van der Waals surface area contributed by atoms with Gasteiger partial charge in [0.1, 0.15) is 5.82 Å². The summed E-state index contributed by atoms with van der Waals surface area (Å²) in [5.41, 5.74) is 6.85. The summed E-state index contributed by atoms with van der Waals surface area (Å²) in [6.45, 7) is 6.45. The zero-order valence-electron chi connectivity index (χ0n) is 17.9. The molecule has 31 heavy (non-hydrogen) atoms. The van der Waals surface area contributed by atoms with Crippen molar-refractivity contribution in [3.05, 3.63) is 62.2 Å². The second-order valence-corrected chi connectivity index (χ2v) is 10.2. The Bertz CT molecular complexity index is 1150. The van der Waals surface area contributed by atoms with E-state index in [2.05, 4.69) is 44.9 Å². The summed E-state index contributed by atoms with van der Waals surface area (Å²) in [5, 5.41) is 12.7. The summed E-state index contributed by atoms with van der Waals surface area (Å²) in [7, 11) is 0. The van der Waals surface area contributed by atoms with Gasteiger partial charge in [-0.25, -0.2) is 4.98 Å². The molecule has 1 saturated heterocycles. The number of nitrogens with zero attached hydrogens (tertiary/aromatic N) is 3. The zero-order valence-corrected chi connectivity index (χ0v) is 18.8. The molecule has 6 rings (SSSR count). The number of carbonyl (C=O) groups excluding carboxylic acids is 1. The number of aryl methyl sites for hydroxylation is 2. The number of nitrogens with one attached hydrogen (secondary N) is 2. The van der Waals surface area contributed by atoms with E-state index in [4.69, 9.17) is 4.98 Å². The summed E-state index contributed by atoms with van der Waals surface area (Å²) in [6.07, 6.45) is 4.12. The largest absolute Gasteiger partial charge is 0.356 e. The monoisotopic (exact) mass is 433 g/mol. The van der Waals surface area contributed by atoms with Crippen LogP contribution in [0.5, 0.6) is 0 Å². The van der Waals surface area contributed by atoms with Gasteiger partial charge in [-0.15, -0.1) is 11.3 Å². The number of fused-ring (bicyclic) bond motifs is 2. The maximum Gasteiger partial charge on any atom is 0.261 e. The minimum absolute atomic E-state index is 0.000790. The van der Waals surface area contributed by atoms with Crippen LogP contribution in [-0.2, 0) is 12.8 Å². The average molecular weight is 434 g/mol. The highest BCUT2D eigenvalue weighted by atomic mass is 32.1. The fourth-order valence-electron chi connectivity index (χ4n) is 5.22. The molecule has 2 unspecified atom stereocenters. The van der Waals surface area contributed by atoms with Crippen LogP contribution in [0.2, 0.25) is 0 Å². The molecule has 160 valence electrons. The van der Waals surface area contributed by atoms with Gasteiger partial charge >= 0.3 is 0 Å². The van der Waals surface area contributed by atoms with Crippen molar-refractivity contribution in [3.63, 3.8) is 0 Å². The predicted octanol–water partition coefficient (Wildman–Crippen LogP) is 3.95. The summed E-state index contributed by atoms with van der Waals surface area (Å²) in [6, 6.07) is 6.43. The molecule has 3 aliphatic rings. The van der Waals surface area contributed by atoms with Gasteiger partial charge in [0.2, 0.25) is 0 Å². The van der Waals surface area contributed by atoms with Crippen LogP contribution in [0.15, 0.2) is 23.6 Å². The van der Waals surface area contributed by atoms with Crippen molar-refractivity contribution in [2.45, 2.75) is 45.6 Å². The molecule has 2 aliphatic carbocycles. The number of hydrogen-bond acceptors (Lipinski definition) is 5. The van der Waals surface area contributed by atoms with E-state index in [0.29, 0.717) is 0 Å². The van der Waals surface area contributed by atoms with Crippen molar-refractivity contribution < 1.29 is 4.79 Å². The number of hydrogen-bond donors (Lipinski definition) is 2. The van der Waals surface area contributed by atoms with E-state index in [1.165, 1.54) is 47.5 Å². The second-order valence-electron chi connectivity index (χ2n) is 9.34. The molecular formula is C24H27N5OS. The van der Waals surface area contributed by atoms with Crippen molar-refractivity contribution in [1.29, 1.82) is 0 Å². The first-order valence-electron chi connectivity index (χ1n) is 11.2. The molecule has 0 aromatic carbocycles. The summed E-state index contributed by atoms with van der Waals surface area (Å²) >= 11 is 1.51. The molecule has 4 heterocycles. The van der Waals surface area contributed by atoms with Crippen LogP contribution in [0.1, 0.15) is 62.3 Å². The van der Waals surface area contributed by atoms with Crippen LogP contribution in [0.25, 0.3) is 0 Å². The van der Waals surface area contributed by atoms with E-state index in [9.17, 15) is 4.79 Å². The molecular weight excluding hydrogens is 406 g/mol.